The molecule has 0 aromatic carbocycles. The molecule has 0 saturated carbocycles. The Bertz CT molecular complexity index is 581. The van der Waals surface area contributed by atoms with E-state index in [9.17, 15) is 8.42 Å². The number of allylic oxidation sites excluding steroid dienone is 1. The van der Waals surface area contributed by atoms with E-state index in [1.807, 2.05) is 0 Å². The Morgan fingerprint density at radius 2 is 1.93 bits per heavy atom. The summed E-state index contributed by atoms with van der Waals surface area (Å²) in [6, 6.07) is 0. The number of hydrogen-bond acceptors (Lipinski definition) is 6. The van der Waals surface area contributed by atoms with Crippen molar-refractivity contribution in [3.05, 3.63) is 17.3 Å². The Hall–Kier alpha value is -1.89. The highest BCUT2D eigenvalue weighted by Crippen LogP contribution is 2.20. The number of fused-ring (bicyclic) bond motifs is 1. The normalized spacial score (nSPS) is 13.7. The lowest BCUT2D eigenvalue weighted by Crippen LogP contribution is -2.14. The number of nitrogens with zero attached hydrogens (tertiary/aromatic N) is 2. The number of nitrogen functional groups attached to an aromatic ring is 2. The number of hydrogen-bond donors (Lipinski definition) is 2. The fourth-order valence-corrected chi connectivity index (χ4v) is 1.82. The van der Waals surface area contributed by atoms with Crippen LogP contribution in [0.15, 0.2) is 6.08 Å². The maximum Gasteiger partial charge on any atom is 0.222 e. The molecule has 1 aliphatic carbocycles. The predicted molar refractivity (Wildman–Crippen MR) is 57.5 cm³/mol. The van der Waals surface area contributed by atoms with E-state index in [1.54, 1.807) is 6.08 Å². The molecule has 7 heteroatoms. The highest BCUT2D eigenvalue weighted by molar-refractivity contribution is 7.73. The van der Waals surface area contributed by atoms with E-state index in [2.05, 4.69) is 9.97 Å². The molecule has 0 aliphatic heterocycles. The van der Waals surface area contributed by atoms with Crippen molar-refractivity contribution in [3.63, 3.8) is 0 Å². The van der Waals surface area contributed by atoms with Crippen LogP contribution in [0.5, 0.6) is 0 Å². The first-order valence-electron chi connectivity index (χ1n) is 4.13. The lowest BCUT2D eigenvalue weighted by Gasteiger charge is -2.11. The van der Waals surface area contributed by atoms with Crippen molar-refractivity contribution in [2.75, 3.05) is 11.5 Å². The molecule has 78 valence electrons. The average molecular weight is 224 g/mol. The standard InChI is InChI=1S/C8H8N4O2S/c9-7-5-3-4(15(13)14)1-2-6(5)11-8(10)12-7/h1-2H,3H2,(H4,9,10,11,12). The smallest absolute Gasteiger partial charge is 0.222 e. The highest BCUT2D eigenvalue weighted by atomic mass is 32.2. The molecule has 0 atom stereocenters. The molecular weight excluding hydrogens is 216 g/mol. The molecule has 0 radical (unpaired) electrons. The number of rotatable bonds is 0. The zero-order chi connectivity index (χ0) is 11.0. The molecule has 0 spiro atoms. The zero-order valence-corrected chi connectivity index (χ0v) is 8.45. The third-order valence-electron chi connectivity index (χ3n) is 2.08. The van der Waals surface area contributed by atoms with Crippen LogP contribution >= 0.6 is 0 Å². The maximum atomic E-state index is 10.7. The molecule has 4 N–H and O–H groups in total. The Kier molecular flexibility index (Phi) is 2.16. The molecule has 6 nitrogen and oxygen atoms in total. The second-order valence-corrected chi connectivity index (χ2v) is 4.04. The van der Waals surface area contributed by atoms with E-state index >= 15 is 0 Å². The van der Waals surface area contributed by atoms with Crippen LogP contribution in [0.1, 0.15) is 11.3 Å². The molecule has 0 amide bonds. The second kappa shape index (κ2) is 3.35. The van der Waals surface area contributed by atoms with Crippen molar-refractivity contribution in [2.45, 2.75) is 6.42 Å². The summed E-state index contributed by atoms with van der Waals surface area (Å²) in [5.41, 5.74) is 12.2. The quantitative estimate of drug-likeness (QED) is 0.561. The van der Waals surface area contributed by atoms with E-state index in [1.165, 1.54) is 6.08 Å². The van der Waals surface area contributed by atoms with Gasteiger partial charge in [-0.3, -0.25) is 0 Å². The summed E-state index contributed by atoms with van der Waals surface area (Å²) >= 11 is 0. The summed E-state index contributed by atoms with van der Waals surface area (Å²) in [5.74, 6) is 0.312. The number of anilines is 2. The van der Waals surface area contributed by atoms with Gasteiger partial charge in [-0.25, -0.2) is 4.98 Å². The van der Waals surface area contributed by atoms with Crippen LogP contribution in [0.3, 0.4) is 0 Å². The number of aromatic nitrogens is 2. The minimum atomic E-state index is -2.24. The van der Waals surface area contributed by atoms with Crippen molar-refractivity contribution in [1.82, 2.24) is 9.97 Å². The highest BCUT2D eigenvalue weighted by Gasteiger charge is 2.15. The van der Waals surface area contributed by atoms with E-state index in [0.29, 0.717) is 11.3 Å². The maximum absolute atomic E-state index is 10.7. The average Bonchev–Trinajstić information content (AvgIpc) is 2.16. The van der Waals surface area contributed by atoms with Crippen LogP contribution in [-0.2, 0) is 16.7 Å². The summed E-state index contributed by atoms with van der Waals surface area (Å²) < 4.78 is 21.5. The first kappa shape index (κ1) is 9.66. The minimum Gasteiger partial charge on any atom is -0.383 e. The molecule has 1 heterocycles. The van der Waals surface area contributed by atoms with E-state index in [4.69, 9.17) is 11.5 Å². The Morgan fingerprint density at radius 1 is 1.20 bits per heavy atom. The zero-order valence-electron chi connectivity index (χ0n) is 7.64. The first-order valence-corrected chi connectivity index (χ1v) is 5.20. The Morgan fingerprint density at radius 3 is 2.60 bits per heavy atom. The molecule has 1 aliphatic rings. The van der Waals surface area contributed by atoms with Gasteiger partial charge >= 0.3 is 0 Å². The fourth-order valence-electron chi connectivity index (χ4n) is 1.38. The molecule has 1 aromatic heterocycles. The second-order valence-electron chi connectivity index (χ2n) is 3.04. The number of nitrogens with two attached hydrogens (primary N) is 2. The summed E-state index contributed by atoms with van der Waals surface area (Å²) in [7, 11) is -2.24. The summed E-state index contributed by atoms with van der Waals surface area (Å²) in [5, 5.41) is 0. The molecule has 0 saturated heterocycles. The van der Waals surface area contributed by atoms with Gasteiger partial charge in [0.2, 0.25) is 16.2 Å². The first-order chi connectivity index (χ1) is 7.08. The predicted octanol–water partition coefficient (Wildman–Crippen LogP) is -0.738. The topological polar surface area (TPSA) is 112 Å². The summed E-state index contributed by atoms with van der Waals surface area (Å²) in [6.07, 6.45) is 3.27. The minimum absolute atomic E-state index is 0.0857. The Labute approximate surface area is 87.2 Å². The van der Waals surface area contributed by atoms with Gasteiger partial charge in [0, 0.05) is 12.0 Å². The van der Waals surface area contributed by atoms with Gasteiger partial charge in [-0.1, -0.05) is 0 Å². The van der Waals surface area contributed by atoms with Crippen LogP contribution in [-0.4, -0.2) is 23.3 Å². The molecule has 2 rings (SSSR count). The summed E-state index contributed by atoms with van der Waals surface area (Å²) in [6.45, 7) is 0. The van der Waals surface area contributed by atoms with Gasteiger partial charge in [0.05, 0.1) is 10.6 Å². The van der Waals surface area contributed by atoms with Crippen LogP contribution in [0.4, 0.5) is 11.8 Å². The van der Waals surface area contributed by atoms with Crippen molar-refractivity contribution < 1.29 is 8.42 Å². The lowest BCUT2D eigenvalue weighted by molar-refractivity contribution is 0.627. The molecule has 0 unspecified atom stereocenters. The van der Waals surface area contributed by atoms with Gasteiger partial charge in [0.25, 0.3) is 0 Å². The lowest BCUT2D eigenvalue weighted by atomic mass is 10.0. The van der Waals surface area contributed by atoms with Crippen LogP contribution in [0.25, 0.3) is 6.08 Å². The van der Waals surface area contributed by atoms with Gasteiger partial charge in [-0.15, -0.1) is 0 Å². The molecule has 1 aromatic rings. The monoisotopic (exact) mass is 224 g/mol. The van der Waals surface area contributed by atoms with Crippen LogP contribution < -0.4 is 11.5 Å². The molecule has 15 heavy (non-hydrogen) atoms. The fraction of sp³-hybridized carbons (Fsp3) is 0.125. The van der Waals surface area contributed by atoms with Gasteiger partial charge in [0.15, 0.2) is 0 Å². The summed E-state index contributed by atoms with van der Waals surface area (Å²) in [4.78, 5) is 8.00. The van der Waals surface area contributed by atoms with E-state index < -0.39 is 10.3 Å². The van der Waals surface area contributed by atoms with Crippen molar-refractivity contribution in [3.8, 4) is 0 Å². The largest absolute Gasteiger partial charge is 0.383 e. The van der Waals surface area contributed by atoms with Crippen LogP contribution in [0, 0.1) is 0 Å². The molecule has 0 bridgehead atoms. The van der Waals surface area contributed by atoms with Crippen LogP contribution in [0.2, 0.25) is 0 Å². The molecular formula is C8H8N4O2S. The Balaban J connectivity index is 2.65. The van der Waals surface area contributed by atoms with Gasteiger partial charge in [-0.05, 0) is 12.2 Å². The van der Waals surface area contributed by atoms with Gasteiger partial charge in [0.1, 0.15) is 5.82 Å². The van der Waals surface area contributed by atoms with E-state index in [0.717, 1.165) is 0 Å². The van der Waals surface area contributed by atoms with Gasteiger partial charge < -0.3 is 11.5 Å². The van der Waals surface area contributed by atoms with Gasteiger partial charge in [-0.2, -0.15) is 13.4 Å². The third kappa shape index (κ3) is 1.68. The van der Waals surface area contributed by atoms with Crippen molar-refractivity contribution in [2.24, 2.45) is 0 Å². The third-order valence-corrected chi connectivity index (χ3v) is 2.79. The SMILES string of the molecule is Nc1nc(N)c2c(n1)C=CC(=S(=O)=O)C2. The van der Waals surface area contributed by atoms with Crippen molar-refractivity contribution in [1.29, 1.82) is 0 Å². The molecule has 0 fully saturated rings. The van der Waals surface area contributed by atoms with Crippen molar-refractivity contribution >= 4 is 33.0 Å². The van der Waals surface area contributed by atoms with E-state index in [-0.39, 0.29) is 23.1 Å².